The Kier molecular flexibility index (Phi) is 6.08. The average Bonchev–Trinajstić information content (AvgIpc) is 3.04. The molecule has 2 aromatic carbocycles. The molecule has 3 aromatic rings. The first-order valence-electron chi connectivity index (χ1n) is 7.16. The van der Waals surface area contributed by atoms with Crippen molar-refractivity contribution in [2.45, 2.75) is 4.90 Å². The summed E-state index contributed by atoms with van der Waals surface area (Å²) < 4.78 is 36.9. The Morgan fingerprint density at radius 1 is 1.00 bits per heavy atom. The second kappa shape index (κ2) is 7.72. The van der Waals surface area contributed by atoms with Crippen molar-refractivity contribution in [1.29, 1.82) is 0 Å². The van der Waals surface area contributed by atoms with E-state index in [0.717, 1.165) is 11.3 Å². The van der Waals surface area contributed by atoms with Crippen molar-refractivity contribution in [3.8, 4) is 22.8 Å². The summed E-state index contributed by atoms with van der Waals surface area (Å²) in [5.41, 5.74) is 2.60. The monoisotopic (exact) mass is 368 g/mol. The van der Waals surface area contributed by atoms with Gasteiger partial charge in [0.2, 0.25) is 5.89 Å². The van der Waals surface area contributed by atoms with Crippen LogP contribution in [0.3, 0.4) is 0 Å². The van der Waals surface area contributed by atoms with Gasteiger partial charge in [0, 0.05) is 30.9 Å². The van der Waals surface area contributed by atoms with Gasteiger partial charge in [0.25, 0.3) is 10.1 Å². The summed E-state index contributed by atoms with van der Waals surface area (Å²) >= 11 is 0. The van der Waals surface area contributed by atoms with Gasteiger partial charge in [-0.15, -0.1) is 0 Å². The Balaban J connectivity index is 0.00000169. The molecule has 3 rings (SSSR count). The smallest absolute Gasteiger partial charge is 1.00 e. The van der Waals surface area contributed by atoms with Crippen LogP contribution in [0.2, 0.25) is 0 Å². The number of nitrogens with zero attached hydrogens (tertiary/aromatic N) is 2. The van der Waals surface area contributed by atoms with Crippen LogP contribution >= 0.6 is 0 Å². The minimum absolute atomic E-state index is 0. The van der Waals surface area contributed by atoms with Gasteiger partial charge >= 0.3 is 29.6 Å². The molecule has 1 heterocycles. The minimum atomic E-state index is -4.21. The van der Waals surface area contributed by atoms with Crippen molar-refractivity contribution in [1.82, 2.24) is 4.98 Å². The van der Waals surface area contributed by atoms with E-state index in [1.807, 2.05) is 43.3 Å². The molecular formula is C17H17N2NaO4S. The summed E-state index contributed by atoms with van der Waals surface area (Å²) in [4.78, 5) is 6.06. The molecule has 0 aliphatic carbocycles. The zero-order chi connectivity index (χ0) is 17.3. The van der Waals surface area contributed by atoms with Crippen LogP contribution in [0.1, 0.15) is 1.43 Å². The van der Waals surface area contributed by atoms with Crippen molar-refractivity contribution < 1.29 is 48.4 Å². The largest absolute Gasteiger partial charge is 1.00 e. The van der Waals surface area contributed by atoms with Crippen LogP contribution in [0, 0.1) is 0 Å². The normalized spacial score (nSPS) is 11.0. The van der Waals surface area contributed by atoms with Gasteiger partial charge < -0.3 is 10.7 Å². The number of aromatic nitrogens is 1. The van der Waals surface area contributed by atoms with Gasteiger partial charge in [-0.3, -0.25) is 4.55 Å². The summed E-state index contributed by atoms with van der Waals surface area (Å²) in [7, 11) is -0.266. The molecule has 0 atom stereocenters. The Bertz CT molecular complexity index is 955. The fourth-order valence-electron chi connectivity index (χ4n) is 2.23. The maximum absolute atomic E-state index is 11.1. The van der Waals surface area contributed by atoms with Crippen molar-refractivity contribution >= 4 is 15.8 Å². The van der Waals surface area contributed by atoms with E-state index in [1.54, 1.807) is 6.20 Å². The molecule has 0 saturated heterocycles. The number of benzene rings is 2. The molecule has 8 heteroatoms. The van der Waals surface area contributed by atoms with Crippen LogP contribution in [0.15, 0.2) is 64.0 Å². The molecule has 0 fully saturated rings. The fourth-order valence-corrected chi connectivity index (χ4v) is 2.71. The van der Waals surface area contributed by atoms with E-state index in [-0.39, 0.29) is 35.9 Å². The van der Waals surface area contributed by atoms with Gasteiger partial charge in [-0.1, -0.05) is 0 Å². The van der Waals surface area contributed by atoms with Crippen LogP contribution < -0.4 is 34.5 Å². The summed E-state index contributed by atoms with van der Waals surface area (Å²) in [6, 6.07) is 13.5. The Morgan fingerprint density at radius 3 is 2.08 bits per heavy atom. The molecule has 126 valence electrons. The fraction of sp³-hybridized carbons (Fsp3) is 0.118. The molecule has 0 saturated carbocycles. The predicted octanol–water partition coefficient (Wildman–Crippen LogP) is 0.438. The first-order chi connectivity index (χ1) is 11.3. The molecule has 0 unspecified atom stereocenters. The molecule has 0 radical (unpaired) electrons. The third-order valence-corrected chi connectivity index (χ3v) is 4.44. The Morgan fingerprint density at radius 2 is 1.56 bits per heavy atom. The summed E-state index contributed by atoms with van der Waals surface area (Å²) in [6.45, 7) is 0. The second-order valence-electron chi connectivity index (χ2n) is 5.47. The number of oxazole rings is 1. The van der Waals surface area contributed by atoms with E-state index in [1.165, 1.54) is 24.3 Å². The van der Waals surface area contributed by atoms with Crippen molar-refractivity contribution in [2.75, 3.05) is 19.0 Å². The predicted molar refractivity (Wildman–Crippen MR) is 92.6 cm³/mol. The van der Waals surface area contributed by atoms with E-state index >= 15 is 0 Å². The summed E-state index contributed by atoms with van der Waals surface area (Å²) in [5.74, 6) is 0.998. The standard InChI is InChI=1S/C17H16N2O4S.Na.H/c1-19(2)14-7-3-12(4-8-14)16-11-18-17(23-16)13-5-9-15(10-6-13)24(20,21)22;;/h3-11H,1-2H3,(H,20,21,22);;/q;+1;-1. The van der Waals surface area contributed by atoms with Gasteiger partial charge in [0.15, 0.2) is 5.76 Å². The zero-order valence-electron chi connectivity index (χ0n) is 15.2. The molecule has 0 amide bonds. The van der Waals surface area contributed by atoms with E-state index in [2.05, 4.69) is 4.98 Å². The number of hydrogen-bond donors (Lipinski definition) is 1. The molecule has 0 bridgehead atoms. The molecule has 1 N–H and O–H groups in total. The Hall–Kier alpha value is -1.64. The van der Waals surface area contributed by atoms with Crippen LogP contribution in [0.25, 0.3) is 22.8 Å². The molecule has 1 aromatic heterocycles. The molecule has 0 spiro atoms. The number of hydrogen-bond acceptors (Lipinski definition) is 5. The quantitative estimate of drug-likeness (QED) is 0.531. The first kappa shape index (κ1) is 19.7. The number of rotatable bonds is 4. The molecule has 0 aliphatic rings. The van der Waals surface area contributed by atoms with Crippen molar-refractivity contribution in [2.24, 2.45) is 0 Å². The van der Waals surface area contributed by atoms with Gasteiger partial charge in [-0.05, 0) is 48.5 Å². The molecule has 6 nitrogen and oxygen atoms in total. The van der Waals surface area contributed by atoms with Gasteiger partial charge in [0.1, 0.15) is 0 Å². The van der Waals surface area contributed by atoms with E-state index < -0.39 is 10.1 Å². The van der Waals surface area contributed by atoms with Crippen molar-refractivity contribution in [3.63, 3.8) is 0 Å². The summed E-state index contributed by atoms with van der Waals surface area (Å²) in [5, 5.41) is 0. The Labute approximate surface area is 170 Å². The third-order valence-electron chi connectivity index (χ3n) is 3.57. The van der Waals surface area contributed by atoms with Gasteiger partial charge in [-0.2, -0.15) is 8.42 Å². The van der Waals surface area contributed by atoms with E-state index in [0.29, 0.717) is 17.2 Å². The van der Waals surface area contributed by atoms with Crippen LogP contribution in [-0.2, 0) is 10.1 Å². The first-order valence-corrected chi connectivity index (χ1v) is 8.60. The van der Waals surface area contributed by atoms with E-state index in [4.69, 9.17) is 8.97 Å². The van der Waals surface area contributed by atoms with Gasteiger partial charge in [-0.25, -0.2) is 4.98 Å². The van der Waals surface area contributed by atoms with E-state index in [9.17, 15) is 8.42 Å². The molecular weight excluding hydrogens is 351 g/mol. The number of anilines is 1. The average molecular weight is 368 g/mol. The molecule has 25 heavy (non-hydrogen) atoms. The van der Waals surface area contributed by atoms with Crippen molar-refractivity contribution in [3.05, 3.63) is 54.7 Å². The SMILES string of the molecule is CN(C)c1ccc(-c2cnc(-c3ccc(S(=O)(=O)O)cc3)o2)cc1.[H-].[Na+]. The van der Waals surface area contributed by atoms with Crippen LogP contribution in [0.4, 0.5) is 5.69 Å². The summed E-state index contributed by atoms with van der Waals surface area (Å²) in [6.07, 6.45) is 1.62. The zero-order valence-corrected chi connectivity index (χ0v) is 17.0. The maximum Gasteiger partial charge on any atom is 1.00 e. The maximum atomic E-state index is 11.1. The minimum Gasteiger partial charge on any atom is -1.00 e. The third kappa shape index (κ3) is 4.50. The van der Waals surface area contributed by atoms with Crippen LogP contribution in [0.5, 0.6) is 0 Å². The van der Waals surface area contributed by atoms with Gasteiger partial charge in [0.05, 0.1) is 11.1 Å². The topological polar surface area (TPSA) is 83.6 Å². The molecule has 0 aliphatic heterocycles. The second-order valence-corrected chi connectivity index (χ2v) is 6.89. The van der Waals surface area contributed by atoms with Crippen LogP contribution in [-0.4, -0.2) is 32.0 Å².